The number of amides is 2. The lowest BCUT2D eigenvalue weighted by atomic mass is 9.99. The van der Waals surface area contributed by atoms with Gasteiger partial charge in [0, 0.05) is 73.5 Å². The lowest BCUT2D eigenvalue weighted by molar-refractivity contribution is 0.0391. The molecule has 2 amide bonds. The third-order valence-corrected chi connectivity index (χ3v) is 8.48. The number of pyridine rings is 1. The first kappa shape index (κ1) is 31.0. The Morgan fingerprint density at radius 3 is 2.39 bits per heavy atom. The van der Waals surface area contributed by atoms with Gasteiger partial charge in [-0.3, -0.25) is 14.3 Å². The van der Waals surface area contributed by atoms with E-state index in [0.29, 0.717) is 23.5 Å². The highest BCUT2D eigenvalue weighted by Crippen LogP contribution is 2.37. The van der Waals surface area contributed by atoms with Crippen LogP contribution in [0, 0.1) is 0 Å². The molecule has 232 valence electrons. The highest BCUT2D eigenvalue weighted by Gasteiger charge is 2.41. The van der Waals surface area contributed by atoms with E-state index in [1.54, 1.807) is 36.1 Å². The number of benzene rings is 2. The standard InChI is InChI=1S/C32H36N6O4.C2H6/c1-33-32(41)38-14-12-22-17-23(7-10-29(22)38)36(2)24-11-13-34-30(20-24)35-31(40)21-3-8-27(9-4-21)42-28-18-25-5-6-26(19-28)37(25)15-16-39;1-2/h3-4,7-14,17,20,25-26,28,39H,5-6,15-16,18-19H2,1-2H3,(H,33,41)(H,34,35,40);1-2H3/t25-,26?,28?;/m0./s1. The quantitative estimate of drug-likeness (QED) is 0.241. The van der Waals surface area contributed by atoms with Gasteiger partial charge in [0.2, 0.25) is 0 Å². The van der Waals surface area contributed by atoms with E-state index in [1.165, 1.54) is 0 Å². The number of piperidine rings is 1. The Morgan fingerprint density at radius 2 is 1.70 bits per heavy atom. The molecular weight excluding hydrogens is 556 g/mol. The van der Waals surface area contributed by atoms with Crippen LogP contribution in [-0.2, 0) is 0 Å². The molecule has 3 atom stereocenters. The zero-order valence-corrected chi connectivity index (χ0v) is 25.9. The summed E-state index contributed by atoms with van der Waals surface area (Å²) in [5.74, 6) is 0.957. The summed E-state index contributed by atoms with van der Waals surface area (Å²) in [4.78, 5) is 33.9. The number of hydrogen-bond donors (Lipinski definition) is 3. The monoisotopic (exact) mass is 598 g/mol. The molecule has 0 aliphatic carbocycles. The number of nitrogens with zero attached hydrogens (tertiary/aromatic N) is 4. The van der Waals surface area contributed by atoms with Crippen LogP contribution >= 0.6 is 0 Å². The van der Waals surface area contributed by atoms with Gasteiger partial charge in [-0.15, -0.1) is 0 Å². The zero-order chi connectivity index (χ0) is 31.2. The average molecular weight is 599 g/mol. The second-order valence-corrected chi connectivity index (χ2v) is 11.0. The number of fused-ring (bicyclic) bond motifs is 3. The Hall–Kier alpha value is -4.41. The van der Waals surface area contributed by atoms with Crippen molar-refractivity contribution in [1.29, 1.82) is 0 Å². The number of nitrogens with one attached hydrogen (secondary N) is 2. The molecule has 4 heterocycles. The minimum atomic E-state index is -0.249. The van der Waals surface area contributed by atoms with Crippen LogP contribution in [0.3, 0.4) is 0 Å². The summed E-state index contributed by atoms with van der Waals surface area (Å²) in [5.41, 5.74) is 3.13. The molecule has 2 fully saturated rings. The fourth-order valence-corrected chi connectivity index (χ4v) is 6.35. The number of aliphatic hydroxyl groups is 1. The van der Waals surface area contributed by atoms with Gasteiger partial charge in [-0.05, 0) is 80.3 Å². The zero-order valence-electron chi connectivity index (χ0n) is 25.9. The summed E-state index contributed by atoms with van der Waals surface area (Å²) in [6, 6.07) is 19.5. The molecule has 2 unspecified atom stereocenters. The summed E-state index contributed by atoms with van der Waals surface area (Å²) < 4.78 is 7.86. The van der Waals surface area contributed by atoms with Crippen molar-refractivity contribution in [2.24, 2.45) is 0 Å². The number of carbonyl (C=O) groups is 2. The van der Waals surface area contributed by atoms with E-state index in [-0.39, 0.29) is 24.6 Å². The molecule has 0 spiro atoms. The van der Waals surface area contributed by atoms with Crippen molar-refractivity contribution < 1.29 is 19.4 Å². The van der Waals surface area contributed by atoms with E-state index in [1.807, 2.05) is 74.3 Å². The number of carbonyl (C=O) groups excluding carboxylic acids is 2. The van der Waals surface area contributed by atoms with Gasteiger partial charge in [-0.25, -0.2) is 9.78 Å². The molecule has 2 aromatic carbocycles. The average Bonchev–Trinajstić information content (AvgIpc) is 3.58. The van der Waals surface area contributed by atoms with E-state index < -0.39 is 0 Å². The Balaban J connectivity index is 0.00000188. The Labute approximate surface area is 258 Å². The summed E-state index contributed by atoms with van der Waals surface area (Å²) in [6.07, 6.45) is 7.82. The summed E-state index contributed by atoms with van der Waals surface area (Å²) in [6.45, 7) is 4.94. The second kappa shape index (κ2) is 13.9. The predicted molar refractivity (Wildman–Crippen MR) is 174 cm³/mol. The second-order valence-electron chi connectivity index (χ2n) is 11.0. The molecule has 10 heteroatoms. The topological polar surface area (TPSA) is 112 Å². The molecule has 2 aromatic heterocycles. The third-order valence-electron chi connectivity index (χ3n) is 8.48. The third kappa shape index (κ3) is 6.56. The lowest BCUT2D eigenvalue weighted by Crippen LogP contribution is -2.47. The normalized spacial score (nSPS) is 19.2. The number of hydrogen-bond acceptors (Lipinski definition) is 7. The largest absolute Gasteiger partial charge is 0.490 e. The van der Waals surface area contributed by atoms with Crippen LogP contribution in [0.4, 0.5) is 22.0 Å². The molecule has 2 saturated heterocycles. The maximum Gasteiger partial charge on any atom is 0.325 e. The van der Waals surface area contributed by atoms with Crippen LogP contribution < -0.4 is 20.3 Å². The molecule has 0 saturated carbocycles. The SMILES string of the molecule is CC.CNC(=O)n1ccc2cc(N(C)c3ccnc(NC(=O)c4ccc(OC5CC6CC[C@@H](C5)N6CCO)cc4)c3)ccc21. The van der Waals surface area contributed by atoms with Gasteiger partial charge in [0.05, 0.1) is 12.1 Å². The number of anilines is 3. The molecule has 4 aromatic rings. The minimum absolute atomic E-state index is 0.150. The van der Waals surface area contributed by atoms with Crippen LogP contribution in [0.1, 0.15) is 49.9 Å². The van der Waals surface area contributed by atoms with Gasteiger partial charge in [0.15, 0.2) is 0 Å². The first-order valence-corrected chi connectivity index (χ1v) is 15.4. The molecule has 44 heavy (non-hydrogen) atoms. The maximum atomic E-state index is 13.0. The Kier molecular flexibility index (Phi) is 9.82. The van der Waals surface area contributed by atoms with E-state index in [9.17, 15) is 14.7 Å². The fraction of sp³-hybridized carbons (Fsp3) is 0.382. The molecule has 2 bridgehead atoms. The van der Waals surface area contributed by atoms with Crippen molar-refractivity contribution in [2.75, 3.05) is 37.5 Å². The number of rotatable bonds is 8. The number of aromatic nitrogens is 2. The van der Waals surface area contributed by atoms with E-state index >= 15 is 0 Å². The van der Waals surface area contributed by atoms with Gasteiger partial charge in [0.25, 0.3) is 5.91 Å². The van der Waals surface area contributed by atoms with Crippen LogP contribution in [0.5, 0.6) is 5.75 Å². The van der Waals surface area contributed by atoms with Gasteiger partial charge in [-0.2, -0.15) is 0 Å². The molecule has 3 N–H and O–H groups in total. The van der Waals surface area contributed by atoms with Crippen molar-refractivity contribution >= 4 is 40.0 Å². The minimum Gasteiger partial charge on any atom is -0.490 e. The van der Waals surface area contributed by atoms with Gasteiger partial charge in [0.1, 0.15) is 17.7 Å². The molecule has 2 aliphatic rings. The molecule has 6 rings (SSSR count). The van der Waals surface area contributed by atoms with E-state index in [2.05, 4.69) is 20.5 Å². The van der Waals surface area contributed by atoms with Gasteiger partial charge < -0.3 is 25.4 Å². The maximum absolute atomic E-state index is 13.0. The van der Waals surface area contributed by atoms with Gasteiger partial charge in [-0.1, -0.05) is 13.8 Å². The van der Waals surface area contributed by atoms with Crippen LogP contribution in [0.25, 0.3) is 10.9 Å². The van der Waals surface area contributed by atoms with Crippen LogP contribution in [0.15, 0.2) is 73.1 Å². The Bertz CT molecular complexity index is 1570. The highest BCUT2D eigenvalue weighted by atomic mass is 16.5. The first-order valence-electron chi connectivity index (χ1n) is 15.4. The van der Waals surface area contributed by atoms with Crippen molar-refractivity contribution in [3.8, 4) is 5.75 Å². The molecule has 2 aliphatic heterocycles. The molecule has 0 radical (unpaired) electrons. The highest BCUT2D eigenvalue weighted by molar-refractivity contribution is 6.04. The van der Waals surface area contributed by atoms with E-state index in [0.717, 1.165) is 60.3 Å². The van der Waals surface area contributed by atoms with Crippen molar-refractivity contribution in [3.05, 3.63) is 78.6 Å². The fourth-order valence-electron chi connectivity index (χ4n) is 6.35. The van der Waals surface area contributed by atoms with Crippen LogP contribution in [-0.4, -0.2) is 76.9 Å². The van der Waals surface area contributed by atoms with Crippen molar-refractivity contribution in [1.82, 2.24) is 19.8 Å². The lowest BCUT2D eigenvalue weighted by Gasteiger charge is -2.38. The van der Waals surface area contributed by atoms with Crippen molar-refractivity contribution in [3.63, 3.8) is 0 Å². The molecular formula is C34H42N6O4. The summed E-state index contributed by atoms with van der Waals surface area (Å²) >= 11 is 0. The van der Waals surface area contributed by atoms with Gasteiger partial charge >= 0.3 is 6.03 Å². The smallest absolute Gasteiger partial charge is 0.325 e. The molecule has 10 nitrogen and oxygen atoms in total. The first-order chi connectivity index (χ1) is 21.4. The van der Waals surface area contributed by atoms with Crippen LogP contribution in [0.2, 0.25) is 0 Å². The number of ether oxygens (including phenoxy) is 1. The summed E-state index contributed by atoms with van der Waals surface area (Å²) in [5, 5.41) is 15.9. The summed E-state index contributed by atoms with van der Waals surface area (Å²) in [7, 11) is 3.55. The predicted octanol–water partition coefficient (Wildman–Crippen LogP) is 5.64. The Morgan fingerprint density at radius 1 is 1.00 bits per heavy atom. The number of aliphatic hydroxyl groups excluding tert-OH is 1. The van der Waals surface area contributed by atoms with Crippen molar-refractivity contribution in [2.45, 2.75) is 57.7 Å². The van der Waals surface area contributed by atoms with E-state index in [4.69, 9.17) is 4.74 Å².